The molecule has 2 saturated heterocycles. The number of thiazole rings is 1. The first kappa shape index (κ1) is 26.3. The predicted octanol–water partition coefficient (Wildman–Crippen LogP) is 3.93. The van der Waals surface area contributed by atoms with Gasteiger partial charge >= 0.3 is 6.09 Å². The summed E-state index contributed by atoms with van der Waals surface area (Å²) in [4.78, 5) is 57.5. The van der Waals surface area contributed by atoms with Gasteiger partial charge < -0.3 is 14.5 Å². The monoisotopic (exact) mass is 580 g/mol. The Morgan fingerprint density at radius 3 is 2.55 bits per heavy atom. The van der Waals surface area contributed by atoms with Crippen molar-refractivity contribution in [3.05, 3.63) is 82.9 Å². The van der Waals surface area contributed by atoms with E-state index in [1.165, 1.54) is 23.3 Å². The molecule has 4 aromatic rings. The smallest absolute Gasteiger partial charge is 0.409 e. The number of likely N-dealkylation sites (tertiary alicyclic amines) is 2. The van der Waals surface area contributed by atoms with E-state index in [4.69, 9.17) is 9.73 Å². The number of benzene rings is 2. The largest absolute Gasteiger partial charge is 0.453 e. The van der Waals surface area contributed by atoms with Crippen LogP contribution in [0.2, 0.25) is 0 Å². The van der Waals surface area contributed by atoms with E-state index in [1.807, 2.05) is 41.3 Å². The molecule has 10 nitrogen and oxygen atoms in total. The van der Waals surface area contributed by atoms with E-state index in [0.717, 1.165) is 34.0 Å². The van der Waals surface area contributed by atoms with Gasteiger partial charge in [0.15, 0.2) is 10.5 Å². The van der Waals surface area contributed by atoms with Crippen LogP contribution in [-0.2, 0) is 9.53 Å². The number of aliphatic imine (C=N–C) groups is 1. The van der Waals surface area contributed by atoms with Crippen molar-refractivity contribution in [2.75, 3.05) is 39.8 Å². The fraction of sp³-hybridized carbons (Fsp3) is 0.290. The SMILES string of the molecule is COC(=O)N1CC2(C1)N=C(c1ccc(-c3ccc4cccnc4c3)cc1)N(CC1CCN(C(=O)c3nccs3)C1)C2=O. The maximum absolute atomic E-state index is 13.9. The lowest BCUT2D eigenvalue weighted by molar-refractivity contribution is -0.136. The van der Waals surface area contributed by atoms with Gasteiger partial charge in [0.2, 0.25) is 0 Å². The molecule has 212 valence electrons. The number of amides is 3. The minimum Gasteiger partial charge on any atom is -0.453 e. The molecule has 2 aromatic carbocycles. The lowest BCUT2D eigenvalue weighted by Crippen LogP contribution is -2.66. The number of hydrogen-bond donors (Lipinski definition) is 0. The number of amidine groups is 1. The zero-order valence-electron chi connectivity index (χ0n) is 23.0. The molecule has 7 rings (SSSR count). The van der Waals surface area contributed by atoms with Crippen LogP contribution >= 0.6 is 11.3 Å². The summed E-state index contributed by atoms with van der Waals surface area (Å²) >= 11 is 1.33. The third-order valence-electron chi connectivity index (χ3n) is 8.27. The number of methoxy groups -OCH3 is 1. The molecule has 0 aliphatic carbocycles. The minimum atomic E-state index is -1.01. The lowest BCUT2D eigenvalue weighted by atomic mass is 9.90. The van der Waals surface area contributed by atoms with E-state index in [9.17, 15) is 14.4 Å². The second-order valence-corrected chi connectivity index (χ2v) is 11.8. The molecule has 3 aliphatic heterocycles. The molecule has 2 aromatic heterocycles. The first-order valence-electron chi connectivity index (χ1n) is 13.8. The van der Waals surface area contributed by atoms with Crippen molar-refractivity contribution < 1.29 is 19.1 Å². The van der Waals surface area contributed by atoms with Gasteiger partial charge in [-0.05, 0) is 35.6 Å². The Kier molecular flexibility index (Phi) is 6.46. The Morgan fingerprint density at radius 2 is 1.79 bits per heavy atom. The zero-order chi connectivity index (χ0) is 28.8. The highest BCUT2D eigenvalue weighted by atomic mass is 32.1. The summed E-state index contributed by atoms with van der Waals surface area (Å²) in [6.45, 7) is 1.97. The molecule has 11 heteroatoms. The van der Waals surface area contributed by atoms with E-state index >= 15 is 0 Å². The summed E-state index contributed by atoms with van der Waals surface area (Å²) in [5.74, 6) is 0.505. The van der Waals surface area contributed by atoms with Crippen LogP contribution < -0.4 is 0 Å². The number of rotatable bonds is 5. The maximum Gasteiger partial charge on any atom is 0.409 e. The number of ether oxygens (including phenoxy) is 1. The summed E-state index contributed by atoms with van der Waals surface area (Å²) in [5.41, 5.74) is 2.82. The minimum absolute atomic E-state index is 0.0715. The highest BCUT2D eigenvalue weighted by Gasteiger charge is 2.58. The van der Waals surface area contributed by atoms with Gasteiger partial charge in [-0.3, -0.25) is 19.5 Å². The molecule has 2 fully saturated rings. The zero-order valence-corrected chi connectivity index (χ0v) is 23.8. The number of pyridine rings is 1. The maximum atomic E-state index is 13.9. The van der Waals surface area contributed by atoms with Gasteiger partial charge in [0.05, 0.1) is 25.7 Å². The molecule has 0 bridgehead atoms. The second kappa shape index (κ2) is 10.3. The van der Waals surface area contributed by atoms with Crippen molar-refractivity contribution in [2.45, 2.75) is 12.0 Å². The number of fused-ring (bicyclic) bond motifs is 1. The molecular weight excluding hydrogens is 552 g/mol. The van der Waals surface area contributed by atoms with Gasteiger partial charge in [-0.25, -0.2) is 14.8 Å². The molecule has 1 atom stereocenters. The molecule has 5 heterocycles. The van der Waals surface area contributed by atoms with Crippen LogP contribution in [0.1, 0.15) is 21.8 Å². The normalized spacial score (nSPS) is 19.4. The van der Waals surface area contributed by atoms with Gasteiger partial charge in [0.25, 0.3) is 11.8 Å². The number of aromatic nitrogens is 2. The van der Waals surface area contributed by atoms with Crippen molar-refractivity contribution >= 4 is 46.0 Å². The van der Waals surface area contributed by atoms with Crippen molar-refractivity contribution in [3.63, 3.8) is 0 Å². The van der Waals surface area contributed by atoms with E-state index in [2.05, 4.69) is 28.2 Å². The Morgan fingerprint density at radius 1 is 1.00 bits per heavy atom. The number of carbonyl (C=O) groups is 3. The van der Waals surface area contributed by atoms with Crippen LogP contribution in [0.25, 0.3) is 22.0 Å². The van der Waals surface area contributed by atoms with Gasteiger partial charge in [-0.15, -0.1) is 11.3 Å². The summed E-state index contributed by atoms with van der Waals surface area (Å²) in [6.07, 6.45) is 3.74. The third-order valence-corrected chi connectivity index (χ3v) is 9.03. The first-order valence-corrected chi connectivity index (χ1v) is 14.7. The third kappa shape index (κ3) is 4.50. The molecular formula is C31H28N6O4S. The van der Waals surface area contributed by atoms with E-state index in [0.29, 0.717) is 30.5 Å². The highest BCUT2D eigenvalue weighted by molar-refractivity contribution is 7.11. The lowest BCUT2D eigenvalue weighted by Gasteiger charge is -2.43. The van der Waals surface area contributed by atoms with Gasteiger partial charge in [0.1, 0.15) is 5.84 Å². The van der Waals surface area contributed by atoms with E-state index in [-0.39, 0.29) is 30.8 Å². The summed E-state index contributed by atoms with van der Waals surface area (Å²) in [7, 11) is 1.33. The summed E-state index contributed by atoms with van der Waals surface area (Å²) in [5, 5.41) is 3.36. The average molecular weight is 581 g/mol. The Balaban J connectivity index is 1.14. The van der Waals surface area contributed by atoms with Crippen molar-refractivity contribution in [3.8, 4) is 11.1 Å². The van der Waals surface area contributed by atoms with E-state index in [1.54, 1.807) is 22.7 Å². The Bertz CT molecular complexity index is 1720. The van der Waals surface area contributed by atoms with Crippen molar-refractivity contribution in [1.29, 1.82) is 0 Å². The first-order chi connectivity index (χ1) is 20.4. The van der Waals surface area contributed by atoms with E-state index < -0.39 is 11.6 Å². The topological polar surface area (TPSA) is 108 Å². The van der Waals surface area contributed by atoms with Gasteiger partial charge in [0, 0.05) is 48.4 Å². The molecule has 1 spiro atoms. The molecule has 0 N–H and O–H groups in total. The Hall–Kier alpha value is -4.64. The van der Waals surface area contributed by atoms with Gasteiger partial charge in [-0.2, -0.15) is 0 Å². The fourth-order valence-electron chi connectivity index (χ4n) is 6.04. The Labute approximate surface area is 246 Å². The molecule has 42 heavy (non-hydrogen) atoms. The van der Waals surface area contributed by atoms with Crippen LogP contribution in [0.15, 0.2) is 77.4 Å². The molecule has 1 unspecified atom stereocenters. The standard InChI is InChI=1S/C31H28N6O4S/c1-41-30(40)36-18-31(19-36)29(39)37(17-20-10-13-35(16-20)28(38)27-33-12-14-42-27)26(34-31)23-7-4-21(5-8-23)24-9-6-22-3-2-11-32-25(22)15-24/h2-9,11-12,14-15,20H,10,13,16-19H2,1H3. The number of hydrogen-bond acceptors (Lipinski definition) is 8. The van der Waals surface area contributed by atoms with Crippen LogP contribution in [0.4, 0.5) is 4.79 Å². The fourth-order valence-corrected chi connectivity index (χ4v) is 6.65. The van der Waals surface area contributed by atoms with Crippen molar-refractivity contribution in [1.82, 2.24) is 24.7 Å². The average Bonchev–Trinajstić information content (AvgIpc) is 3.77. The number of carbonyl (C=O) groups excluding carboxylic acids is 3. The molecule has 3 aliphatic rings. The van der Waals surface area contributed by atoms with Crippen LogP contribution in [0.3, 0.4) is 0 Å². The number of nitrogens with zero attached hydrogens (tertiary/aromatic N) is 6. The second-order valence-electron chi connectivity index (χ2n) is 10.9. The molecule has 3 amide bonds. The summed E-state index contributed by atoms with van der Waals surface area (Å²) in [6, 6.07) is 18.2. The quantitative estimate of drug-likeness (QED) is 0.354. The van der Waals surface area contributed by atoms with Crippen LogP contribution in [0, 0.1) is 5.92 Å². The van der Waals surface area contributed by atoms with Gasteiger partial charge in [-0.1, -0.05) is 42.5 Å². The molecule has 0 radical (unpaired) electrons. The van der Waals surface area contributed by atoms with Crippen LogP contribution in [-0.4, -0.2) is 93.8 Å². The highest BCUT2D eigenvalue weighted by Crippen LogP contribution is 2.36. The van der Waals surface area contributed by atoms with Crippen molar-refractivity contribution in [2.24, 2.45) is 10.9 Å². The van der Waals surface area contributed by atoms with Crippen LogP contribution in [0.5, 0.6) is 0 Å². The molecule has 0 saturated carbocycles. The predicted molar refractivity (Wildman–Crippen MR) is 158 cm³/mol. The summed E-state index contributed by atoms with van der Waals surface area (Å²) < 4.78 is 4.85.